The fourth-order valence-electron chi connectivity index (χ4n) is 2.58. The number of rotatable bonds is 7. The second-order valence-corrected chi connectivity index (χ2v) is 5.97. The topological polar surface area (TPSA) is 86.5 Å². The molecule has 1 heterocycles. The van der Waals surface area contributed by atoms with Crippen LogP contribution in [0.2, 0.25) is 0 Å². The van der Waals surface area contributed by atoms with Gasteiger partial charge in [-0.3, -0.25) is 10.1 Å². The van der Waals surface area contributed by atoms with Crippen LogP contribution in [0.15, 0.2) is 46.9 Å². The highest BCUT2D eigenvalue weighted by Gasteiger charge is 2.31. The Bertz CT molecular complexity index is 1030. The predicted octanol–water partition coefficient (Wildman–Crippen LogP) is 4.81. The van der Waals surface area contributed by atoms with Gasteiger partial charge in [0.2, 0.25) is 5.89 Å². The van der Waals surface area contributed by atoms with E-state index in [0.29, 0.717) is 30.3 Å². The minimum absolute atomic E-state index is 0.0957. The first-order valence-electron chi connectivity index (χ1n) is 9.04. The number of carbonyl (C=O) groups excluding carboxylic acids is 1. The van der Waals surface area contributed by atoms with Gasteiger partial charge in [-0.15, -0.1) is 5.10 Å². The summed E-state index contributed by atoms with van der Waals surface area (Å²) in [5.74, 6) is 0.335. The summed E-state index contributed by atoms with van der Waals surface area (Å²) in [5.41, 5.74) is -0.600. The molecular weight excluding hydrogens is 403 g/mol. The molecule has 1 N–H and O–H groups in total. The number of nitrogens with one attached hydrogen (secondary N) is 1. The fraction of sp³-hybridized carbons (Fsp3) is 0.250. The van der Waals surface area contributed by atoms with Crippen molar-refractivity contribution in [1.82, 2.24) is 10.2 Å². The van der Waals surface area contributed by atoms with Gasteiger partial charge in [0.25, 0.3) is 5.91 Å². The van der Waals surface area contributed by atoms with E-state index in [9.17, 15) is 18.0 Å². The van der Waals surface area contributed by atoms with Crippen molar-refractivity contribution in [3.63, 3.8) is 0 Å². The summed E-state index contributed by atoms with van der Waals surface area (Å²) >= 11 is 0. The molecule has 158 valence electrons. The summed E-state index contributed by atoms with van der Waals surface area (Å²) in [4.78, 5) is 12.3. The van der Waals surface area contributed by atoms with E-state index in [2.05, 4.69) is 15.5 Å². The molecule has 0 atom stereocenters. The van der Waals surface area contributed by atoms with Gasteiger partial charge in [0.15, 0.2) is 11.5 Å². The number of ether oxygens (including phenoxy) is 2. The number of benzene rings is 2. The lowest BCUT2D eigenvalue weighted by molar-refractivity contribution is -0.137. The van der Waals surface area contributed by atoms with Crippen LogP contribution in [0.5, 0.6) is 11.5 Å². The SMILES string of the molecule is CCOc1ccc(-c2nnc(NC(=O)c3cccc(C(F)(F)F)c3)o2)cc1OCC. The molecule has 3 rings (SSSR count). The number of alkyl halides is 3. The van der Waals surface area contributed by atoms with Crippen molar-refractivity contribution < 1.29 is 31.9 Å². The molecule has 1 aromatic heterocycles. The molecule has 10 heteroatoms. The summed E-state index contributed by atoms with van der Waals surface area (Å²) in [7, 11) is 0. The summed E-state index contributed by atoms with van der Waals surface area (Å²) < 4.78 is 54.9. The van der Waals surface area contributed by atoms with Crippen LogP contribution in [-0.2, 0) is 6.18 Å². The minimum Gasteiger partial charge on any atom is -0.490 e. The number of nitrogens with zero attached hydrogens (tertiary/aromatic N) is 2. The fourth-order valence-corrected chi connectivity index (χ4v) is 2.58. The van der Waals surface area contributed by atoms with E-state index in [1.165, 1.54) is 6.07 Å². The van der Waals surface area contributed by atoms with Gasteiger partial charge in [-0.05, 0) is 50.2 Å². The van der Waals surface area contributed by atoms with E-state index < -0.39 is 17.6 Å². The number of hydrogen-bond donors (Lipinski definition) is 1. The standard InChI is InChI=1S/C20H18F3N3O4/c1-3-28-15-9-8-13(11-16(15)29-4-2)18-25-26-19(30-18)24-17(27)12-6-5-7-14(10-12)20(21,22)23/h5-11H,3-4H2,1-2H3,(H,24,26,27). The zero-order chi connectivity index (χ0) is 21.7. The maximum Gasteiger partial charge on any atom is 0.416 e. The van der Waals surface area contributed by atoms with Crippen LogP contribution in [0.4, 0.5) is 19.2 Å². The van der Waals surface area contributed by atoms with Gasteiger partial charge in [0, 0.05) is 11.1 Å². The van der Waals surface area contributed by atoms with Gasteiger partial charge in [-0.25, -0.2) is 0 Å². The Balaban J connectivity index is 1.78. The Morgan fingerprint density at radius 1 is 1.03 bits per heavy atom. The van der Waals surface area contributed by atoms with Gasteiger partial charge in [-0.2, -0.15) is 13.2 Å². The number of amides is 1. The first-order valence-corrected chi connectivity index (χ1v) is 9.04. The number of carbonyl (C=O) groups is 1. The molecule has 0 aliphatic rings. The molecule has 3 aromatic rings. The van der Waals surface area contributed by atoms with Gasteiger partial charge in [0.1, 0.15) is 0 Å². The lowest BCUT2D eigenvalue weighted by atomic mass is 10.1. The van der Waals surface area contributed by atoms with E-state index in [1.54, 1.807) is 18.2 Å². The highest BCUT2D eigenvalue weighted by molar-refractivity contribution is 6.03. The number of hydrogen-bond acceptors (Lipinski definition) is 6. The van der Waals surface area contributed by atoms with E-state index in [4.69, 9.17) is 13.9 Å². The molecule has 0 bridgehead atoms. The lowest BCUT2D eigenvalue weighted by Gasteiger charge is -2.11. The smallest absolute Gasteiger partial charge is 0.416 e. The summed E-state index contributed by atoms with van der Waals surface area (Å²) in [5, 5.41) is 9.88. The normalized spacial score (nSPS) is 11.2. The van der Waals surface area contributed by atoms with E-state index in [-0.39, 0.29) is 17.5 Å². The molecule has 2 aromatic carbocycles. The van der Waals surface area contributed by atoms with Gasteiger partial charge in [0.05, 0.1) is 18.8 Å². The van der Waals surface area contributed by atoms with Crippen LogP contribution >= 0.6 is 0 Å². The van der Waals surface area contributed by atoms with E-state index >= 15 is 0 Å². The maximum atomic E-state index is 12.8. The van der Waals surface area contributed by atoms with Crippen LogP contribution in [0.1, 0.15) is 29.8 Å². The lowest BCUT2D eigenvalue weighted by Crippen LogP contribution is -2.14. The number of aromatic nitrogens is 2. The van der Waals surface area contributed by atoms with Gasteiger partial charge >= 0.3 is 12.2 Å². The third-order valence-electron chi connectivity index (χ3n) is 3.89. The molecule has 30 heavy (non-hydrogen) atoms. The quantitative estimate of drug-likeness (QED) is 0.590. The van der Waals surface area contributed by atoms with Crippen molar-refractivity contribution in [3.05, 3.63) is 53.6 Å². The molecular formula is C20H18F3N3O4. The molecule has 0 aliphatic heterocycles. The Hall–Kier alpha value is -3.56. The van der Waals surface area contributed by atoms with Crippen molar-refractivity contribution in [2.75, 3.05) is 18.5 Å². The Kier molecular flexibility index (Phi) is 6.24. The van der Waals surface area contributed by atoms with Crippen LogP contribution in [0.25, 0.3) is 11.5 Å². The van der Waals surface area contributed by atoms with Crippen molar-refractivity contribution in [2.45, 2.75) is 20.0 Å². The summed E-state index contributed by atoms with van der Waals surface area (Å²) in [6.45, 7) is 4.56. The summed E-state index contributed by atoms with van der Waals surface area (Å²) in [6.07, 6.45) is -4.56. The van der Waals surface area contributed by atoms with Crippen LogP contribution in [0, 0.1) is 0 Å². The minimum atomic E-state index is -4.56. The highest BCUT2D eigenvalue weighted by atomic mass is 19.4. The molecule has 1 amide bonds. The second kappa shape index (κ2) is 8.85. The largest absolute Gasteiger partial charge is 0.490 e. The van der Waals surface area contributed by atoms with Crippen molar-refractivity contribution in [3.8, 4) is 23.0 Å². The first kappa shape index (κ1) is 21.2. The van der Waals surface area contributed by atoms with Crippen LogP contribution < -0.4 is 14.8 Å². The van der Waals surface area contributed by atoms with Crippen molar-refractivity contribution >= 4 is 11.9 Å². The number of anilines is 1. The maximum absolute atomic E-state index is 12.8. The first-order chi connectivity index (χ1) is 14.3. The van der Waals surface area contributed by atoms with E-state index in [1.807, 2.05) is 13.8 Å². The van der Waals surface area contributed by atoms with Crippen LogP contribution in [0.3, 0.4) is 0 Å². The van der Waals surface area contributed by atoms with E-state index in [0.717, 1.165) is 18.2 Å². The molecule has 0 radical (unpaired) electrons. The average molecular weight is 421 g/mol. The Labute approximate surface area is 169 Å². The molecule has 0 saturated heterocycles. The second-order valence-electron chi connectivity index (χ2n) is 5.97. The molecule has 0 aliphatic carbocycles. The average Bonchev–Trinajstić information content (AvgIpc) is 3.17. The zero-order valence-electron chi connectivity index (χ0n) is 16.1. The third-order valence-corrected chi connectivity index (χ3v) is 3.89. The van der Waals surface area contributed by atoms with Gasteiger partial charge in [-0.1, -0.05) is 11.2 Å². The molecule has 0 fully saturated rings. The van der Waals surface area contributed by atoms with Crippen molar-refractivity contribution in [2.24, 2.45) is 0 Å². The van der Waals surface area contributed by atoms with Crippen LogP contribution in [-0.4, -0.2) is 29.3 Å². The molecule has 7 nitrogen and oxygen atoms in total. The molecule has 0 saturated carbocycles. The molecule has 0 spiro atoms. The monoisotopic (exact) mass is 421 g/mol. The highest BCUT2D eigenvalue weighted by Crippen LogP contribution is 2.33. The predicted molar refractivity (Wildman–Crippen MR) is 101 cm³/mol. The molecule has 0 unspecified atom stereocenters. The summed E-state index contributed by atoms with van der Waals surface area (Å²) in [6, 6.07) is 8.79. The van der Waals surface area contributed by atoms with Gasteiger partial charge < -0.3 is 13.9 Å². The Morgan fingerprint density at radius 3 is 2.47 bits per heavy atom. The third kappa shape index (κ3) is 4.88. The van der Waals surface area contributed by atoms with Crippen molar-refractivity contribution in [1.29, 1.82) is 0 Å². The zero-order valence-corrected chi connectivity index (χ0v) is 16.1. The Morgan fingerprint density at radius 2 is 1.77 bits per heavy atom. The number of halogens is 3.